The third-order valence-electron chi connectivity index (χ3n) is 2.73. The van der Waals surface area contributed by atoms with Crippen LogP contribution in [0.2, 0.25) is 15.1 Å². The number of halogens is 3. The molecule has 0 radical (unpaired) electrons. The van der Waals surface area contributed by atoms with Gasteiger partial charge in [0.25, 0.3) is 5.91 Å². The summed E-state index contributed by atoms with van der Waals surface area (Å²) in [4.78, 5) is 23.3. The van der Waals surface area contributed by atoms with Crippen LogP contribution in [-0.4, -0.2) is 24.3 Å². The number of ketones is 1. The maximum atomic E-state index is 11.8. The molecular weight excluding hydrogens is 337 g/mol. The molecule has 1 unspecified atom stereocenters. The van der Waals surface area contributed by atoms with Crippen molar-refractivity contribution in [2.75, 3.05) is 6.61 Å². The molecule has 0 saturated heterocycles. The van der Waals surface area contributed by atoms with Crippen molar-refractivity contribution >= 4 is 46.5 Å². The van der Waals surface area contributed by atoms with E-state index in [0.29, 0.717) is 5.02 Å². The van der Waals surface area contributed by atoms with Gasteiger partial charge in [-0.25, -0.2) is 0 Å². The Hall–Kier alpha value is -0.970. The van der Waals surface area contributed by atoms with Crippen LogP contribution in [0.25, 0.3) is 0 Å². The summed E-state index contributed by atoms with van der Waals surface area (Å²) in [5.74, 6) is -0.358. The third-order valence-corrected chi connectivity index (χ3v) is 3.51. The molecule has 1 rings (SSSR count). The predicted octanol–water partition coefficient (Wildman–Crippen LogP) is 3.76. The summed E-state index contributed by atoms with van der Waals surface area (Å²) in [7, 11) is 0. The molecule has 1 aromatic rings. The van der Waals surface area contributed by atoms with Gasteiger partial charge in [0, 0.05) is 5.02 Å². The lowest BCUT2D eigenvalue weighted by atomic mass is 10.0. The minimum absolute atomic E-state index is 0.00541. The fourth-order valence-electron chi connectivity index (χ4n) is 1.76. The molecule has 21 heavy (non-hydrogen) atoms. The number of hydrogen-bond donors (Lipinski definition) is 1. The molecule has 0 aliphatic carbocycles. The number of carbonyl (C=O) groups excluding carboxylic acids is 2. The summed E-state index contributed by atoms with van der Waals surface area (Å²) in [5, 5.41) is 3.41. The molecule has 1 N–H and O–H groups in total. The Kier molecular flexibility index (Phi) is 6.78. The fraction of sp³-hybridized carbons (Fsp3) is 0.429. The molecule has 0 bridgehead atoms. The molecule has 0 aromatic heterocycles. The monoisotopic (exact) mass is 351 g/mol. The Morgan fingerprint density at radius 1 is 1.19 bits per heavy atom. The average molecular weight is 353 g/mol. The highest BCUT2D eigenvalue weighted by atomic mass is 35.5. The fourth-order valence-corrected chi connectivity index (χ4v) is 2.68. The van der Waals surface area contributed by atoms with E-state index in [-0.39, 0.29) is 34.1 Å². The van der Waals surface area contributed by atoms with Crippen LogP contribution in [0.4, 0.5) is 0 Å². The predicted molar refractivity (Wildman–Crippen MR) is 84.4 cm³/mol. The quantitative estimate of drug-likeness (QED) is 0.848. The Balaban J connectivity index is 2.67. The first-order valence-corrected chi connectivity index (χ1v) is 7.43. The largest absolute Gasteiger partial charge is 0.481 e. The summed E-state index contributed by atoms with van der Waals surface area (Å²) >= 11 is 17.7. The zero-order valence-electron chi connectivity index (χ0n) is 11.9. The van der Waals surface area contributed by atoms with Crippen LogP contribution in [0.15, 0.2) is 12.1 Å². The zero-order chi connectivity index (χ0) is 16.2. The van der Waals surface area contributed by atoms with Crippen molar-refractivity contribution in [2.24, 2.45) is 5.92 Å². The van der Waals surface area contributed by atoms with Gasteiger partial charge in [-0.3, -0.25) is 9.59 Å². The van der Waals surface area contributed by atoms with Crippen molar-refractivity contribution in [1.29, 1.82) is 0 Å². The summed E-state index contributed by atoms with van der Waals surface area (Å²) in [6, 6.07) is 2.39. The number of hydrogen-bond acceptors (Lipinski definition) is 3. The first-order valence-electron chi connectivity index (χ1n) is 6.29. The smallest absolute Gasteiger partial charge is 0.258 e. The van der Waals surface area contributed by atoms with Crippen LogP contribution >= 0.6 is 34.8 Å². The van der Waals surface area contributed by atoms with Gasteiger partial charge in [0.05, 0.1) is 16.1 Å². The number of carbonyl (C=O) groups is 2. The normalized spacial score (nSPS) is 12.1. The van der Waals surface area contributed by atoms with Crippen LogP contribution in [0.5, 0.6) is 5.75 Å². The number of rotatable bonds is 6. The van der Waals surface area contributed by atoms with Gasteiger partial charge in [-0.15, -0.1) is 0 Å². The molecule has 1 amide bonds. The molecule has 0 aliphatic heterocycles. The van der Waals surface area contributed by atoms with Gasteiger partial charge in [-0.2, -0.15) is 0 Å². The van der Waals surface area contributed by atoms with Crippen LogP contribution < -0.4 is 10.1 Å². The van der Waals surface area contributed by atoms with Gasteiger partial charge >= 0.3 is 0 Å². The molecule has 1 atom stereocenters. The second-order valence-electron chi connectivity index (χ2n) is 4.89. The van der Waals surface area contributed by atoms with Crippen LogP contribution in [0.3, 0.4) is 0 Å². The van der Waals surface area contributed by atoms with Crippen LogP contribution in [0.1, 0.15) is 20.8 Å². The molecule has 4 nitrogen and oxygen atoms in total. The van der Waals surface area contributed by atoms with E-state index in [0.717, 1.165) is 0 Å². The summed E-state index contributed by atoms with van der Waals surface area (Å²) < 4.78 is 5.30. The van der Waals surface area contributed by atoms with E-state index >= 15 is 0 Å². The average Bonchev–Trinajstić information content (AvgIpc) is 2.33. The minimum Gasteiger partial charge on any atom is -0.481 e. The number of Topliss-reactive ketones (excluding diaryl/α,β-unsaturated/α-hetero) is 1. The topological polar surface area (TPSA) is 55.4 Å². The Labute approximate surface area is 138 Å². The second kappa shape index (κ2) is 7.87. The lowest BCUT2D eigenvalue weighted by Gasteiger charge is -2.19. The standard InChI is InChI=1S/C14H16Cl3NO3/c1-7(2)13(8(3)19)18-12(20)6-21-14-10(16)4-9(15)5-11(14)17/h4-5,7,13H,6H2,1-3H3,(H,18,20). The molecule has 0 saturated carbocycles. The van der Waals surface area contributed by atoms with Crippen LogP contribution in [0, 0.1) is 5.92 Å². The highest BCUT2D eigenvalue weighted by Gasteiger charge is 2.21. The SMILES string of the molecule is CC(=O)C(NC(=O)COc1c(Cl)cc(Cl)cc1Cl)C(C)C. The van der Waals surface area contributed by atoms with Gasteiger partial charge in [0.1, 0.15) is 0 Å². The zero-order valence-corrected chi connectivity index (χ0v) is 14.1. The van der Waals surface area contributed by atoms with Crippen molar-refractivity contribution in [3.8, 4) is 5.75 Å². The van der Waals surface area contributed by atoms with E-state index in [1.165, 1.54) is 19.1 Å². The lowest BCUT2D eigenvalue weighted by molar-refractivity contribution is -0.129. The molecule has 1 aromatic carbocycles. The maximum Gasteiger partial charge on any atom is 0.258 e. The van der Waals surface area contributed by atoms with E-state index in [4.69, 9.17) is 39.5 Å². The first-order chi connectivity index (χ1) is 9.72. The maximum absolute atomic E-state index is 11.8. The van der Waals surface area contributed by atoms with E-state index < -0.39 is 11.9 Å². The molecule has 0 heterocycles. The second-order valence-corrected chi connectivity index (χ2v) is 6.14. The van der Waals surface area contributed by atoms with Crippen LogP contribution in [-0.2, 0) is 9.59 Å². The number of ether oxygens (including phenoxy) is 1. The van der Waals surface area contributed by atoms with Gasteiger partial charge < -0.3 is 10.1 Å². The number of amides is 1. The lowest BCUT2D eigenvalue weighted by Crippen LogP contribution is -2.45. The highest BCUT2D eigenvalue weighted by molar-refractivity contribution is 6.40. The minimum atomic E-state index is -0.544. The molecule has 116 valence electrons. The van der Waals surface area contributed by atoms with Gasteiger partial charge in [-0.1, -0.05) is 48.7 Å². The van der Waals surface area contributed by atoms with Crippen molar-refractivity contribution in [1.82, 2.24) is 5.32 Å². The molecule has 7 heteroatoms. The van der Waals surface area contributed by atoms with Crippen molar-refractivity contribution in [3.63, 3.8) is 0 Å². The summed E-state index contributed by atoms with van der Waals surface area (Å²) in [6.45, 7) is 4.83. The first kappa shape index (κ1) is 18.1. The molecule has 0 aliphatic rings. The Bertz CT molecular complexity index is 523. The van der Waals surface area contributed by atoms with Crippen molar-refractivity contribution in [2.45, 2.75) is 26.8 Å². The molecule has 0 spiro atoms. The Morgan fingerprint density at radius 3 is 2.14 bits per heavy atom. The van der Waals surface area contributed by atoms with Gasteiger partial charge in [-0.05, 0) is 25.0 Å². The highest BCUT2D eigenvalue weighted by Crippen LogP contribution is 2.35. The summed E-state index contributed by atoms with van der Waals surface area (Å²) in [5.41, 5.74) is 0. The van der Waals surface area contributed by atoms with Crippen molar-refractivity contribution in [3.05, 3.63) is 27.2 Å². The number of nitrogens with one attached hydrogen (secondary N) is 1. The molecular formula is C14H16Cl3NO3. The van der Waals surface area contributed by atoms with E-state index in [2.05, 4.69) is 5.32 Å². The van der Waals surface area contributed by atoms with Gasteiger partial charge in [0.2, 0.25) is 0 Å². The van der Waals surface area contributed by atoms with E-state index in [1.54, 1.807) is 0 Å². The van der Waals surface area contributed by atoms with E-state index in [9.17, 15) is 9.59 Å². The van der Waals surface area contributed by atoms with E-state index in [1.807, 2.05) is 13.8 Å². The number of benzene rings is 1. The van der Waals surface area contributed by atoms with Gasteiger partial charge in [0.15, 0.2) is 18.1 Å². The summed E-state index contributed by atoms with van der Waals surface area (Å²) in [6.07, 6.45) is 0. The third kappa shape index (κ3) is 5.38. The Morgan fingerprint density at radius 2 is 1.71 bits per heavy atom. The molecule has 0 fully saturated rings. The van der Waals surface area contributed by atoms with Crippen molar-refractivity contribution < 1.29 is 14.3 Å².